The molecule has 0 spiro atoms. The average Bonchev–Trinajstić information content (AvgIpc) is 2.42. The molecule has 1 N–H and O–H groups in total. The van der Waals surface area contributed by atoms with Crippen molar-refractivity contribution in [3.8, 4) is 11.5 Å². The lowest BCUT2D eigenvalue weighted by Gasteiger charge is -2.13. The van der Waals surface area contributed by atoms with Crippen molar-refractivity contribution >= 4 is 5.97 Å². The highest BCUT2D eigenvalue weighted by atomic mass is 16.5. The molecule has 3 nitrogen and oxygen atoms in total. The van der Waals surface area contributed by atoms with E-state index in [-0.39, 0.29) is 0 Å². The summed E-state index contributed by atoms with van der Waals surface area (Å²) in [6, 6.07) is 11.1. The summed E-state index contributed by atoms with van der Waals surface area (Å²) in [4.78, 5) is 11.1. The van der Waals surface area contributed by atoms with E-state index in [1.54, 1.807) is 18.2 Å². The third-order valence-corrected chi connectivity index (χ3v) is 3.32. The van der Waals surface area contributed by atoms with Crippen molar-refractivity contribution in [1.29, 1.82) is 0 Å². The number of carboxylic acid groups (broad SMARTS) is 1. The zero-order valence-electron chi connectivity index (χ0n) is 11.9. The Kier molecular flexibility index (Phi) is 4.08. The first-order valence-electron chi connectivity index (χ1n) is 6.63. The highest BCUT2D eigenvalue weighted by molar-refractivity contribution is 5.89. The van der Waals surface area contributed by atoms with Gasteiger partial charge in [0.2, 0.25) is 0 Å². The Labute approximate surface area is 118 Å². The van der Waals surface area contributed by atoms with Crippen molar-refractivity contribution in [1.82, 2.24) is 0 Å². The predicted molar refractivity (Wildman–Crippen MR) is 78.8 cm³/mol. The van der Waals surface area contributed by atoms with E-state index in [2.05, 4.69) is 0 Å². The summed E-state index contributed by atoms with van der Waals surface area (Å²) in [7, 11) is 0. The summed E-state index contributed by atoms with van der Waals surface area (Å²) in [5, 5.41) is 9.12. The van der Waals surface area contributed by atoms with Crippen LogP contribution in [0.15, 0.2) is 36.4 Å². The second-order valence-corrected chi connectivity index (χ2v) is 4.80. The van der Waals surface area contributed by atoms with Gasteiger partial charge >= 0.3 is 5.97 Å². The van der Waals surface area contributed by atoms with E-state index in [1.165, 1.54) is 0 Å². The summed E-state index contributed by atoms with van der Waals surface area (Å²) in [6.45, 7) is 5.92. The van der Waals surface area contributed by atoms with Gasteiger partial charge in [-0.3, -0.25) is 0 Å². The molecule has 0 aliphatic heterocycles. The molecule has 2 aromatic carbocycles. The molecule has 0 fully saturated rings. The first kappa shape index (κ1) is 14.1. The first-order valence-corrected chi connectivity index (χ1v) is 6.63. The number of aromatic carboxylic acids is 1. The topological polar surface area (TPSA) is 46.5 Å². The minimum Gasteiger partial charge on any atom is -0.478 e. The zero-order valence-corrected chi connectivity index (χ0v) is 11.9. The van der Waals surface area contributed by atoms with Crippen LogP contribution < -0.4 is 4.74 Å². The molecule has 20 heavy (non-hydrogen) atoms. The number of hydrogen-bond donors (Lipinski definition) is 1. The smallest absolute Gasteiger partial charge is 0.335 e. The van der Waals surface area contributed by atoms with Crippen molar-refractivity contribution in [2.75, 3.05) is 0 Å². The third-order valence-electron chi connectivity index (χ3n) is 3.32. The maximum atomic E-state index is 11.1. The van der Waals surface area contributed by atoms with Crippen LogP contribution in [0.1, 0.15) is 34.0 Å². The number of carbonyl (C=O) groups is 1. The Morgan fingerprint density at radius 1 is 1.15 bits per heavy atom. The molecule has 0 aromatic heterocycles. The fraction of sp³-hybridized carbons (Fsp3) is 0.235. The van der Waals surface area contributed by atoms with Gasteiger partial charge in [-0.15, -0.1) is 0 Å². The van der Waals surface area contributed by atoms with Crippen molar-refractivity contribution in [2.24, 2.45) is 0 Å². The molecule has 0 radical (unpaired) electrons. The van der Waals surface area contributed by atoms with Crippen LogP contribution in [0.3, 0.4) is 0 Å². The molecule has 0 saturated carbocycles. The van der Waals surface area contributed by atoms with E-state index in [0.717, 1.165) is 22.4 Å². The lowest BCUT2D eigenvalue weighted by Crippen LogP contribution is -2.02. The highest BCUT2D eigenvalue weighted by Gasteiger charge is 2.11. The molecule has 0 aliphatic rings. The summed E-state index contributed by atoms with van der Waals surface area (Å²) in [5.41, 5.74) is 3.23. The maximum absolute atomic E-state index is 11.1. The van der Waals surface area contributed by atoms with E-state index in [4.69, 9.17) is 9.84 Å². The van der Waals surface area contributed by atoms with Gasteiger partial charge < -0.3 is 9.84 Å². The number of rotatable bonds is 4. The fourth-order valence-electron chi connectivity index (χ4n) is 2.21. The van der Waals surface area contributed by atoms with Gasteiger partial charge in [0.1, 0.15) is 11.5 Å². The SMILES string of the molecule is CCc1cc(Oc2c(C)cccc2C)ccc1C(=O)O. The molecule has 104 valence electrons. The van der Waals surface area contributed by atoms with Crippen LogP contribution >= 0.6 is 0 Å². The Morgan fingerprint density at radius 3 is 2.35 bits per heavy atom. The average molecular weight is 270 g/mol. The van der Waals surface area contributed by atoms with E-state index in [0.29, 0.717) is 17.7 Å². The van der Waals surface area contributed by atoms with E-state index >= 15 is 0 Å². The van der Waals surface area contributed by atoms with Gasteiger partial charge in [0, 0.05) is 0 Å². The second kappa shape index (κ2) is 5.78. The number of carboxylic acids is 1. The van der Waals surface area contributed by atoms with Gasteiger partial charge in [-0.05, 0) is 55.2 Å². The van der Waals surface area contributed by atoms with E-state index in [1.807, 2.05) is 39.0 Å². The third kappa shape index (κ3) is 2.82. The molecule has 0 saturated heterocycles. The maximum Gasteiger partial charge on any atom is 0.335 e. The molecule has 0 unspecified atom stereocenters. The molecule has 0 heterocycles. The molecule has 2 rings (SSSR count). The lowest BCUT2D eigenvalue weighted by molar-refractivity contribution is 0.0695. The van der Waals surface area contributed by atoms with Crippen LogP contribution in [0, 0.1) is 13.8 Å². The Balaban J connectivity index is 2.37. The summed E-state index contributed by atoms with van der Waals surface area (Å²) < 4.78 is 5.92. The summed E-state index contributed by atoms with van der Waals surface area (Å²) in [5.74, 6) is 0.599. The van der Waals surface area contributed by atoms with Crippen molar-refractivity contribution in [2.45, 2.75) is 27.2 Å². The first-order chi connectivity index (χ1) is 9.52. The van der Waals surface area contributed by atoms with Crippen LogP contribution in [0.25, 0.3) is 0 Å². The minimum atomic E-state index is -0.902. The molecule has 0 amide bonds. The van der Waals surface area contributed by atoms with Crippen LogP contribution in [-0.4, -0.2) is 11.1 Å². The number of ether oxygens (including phenoxy) is 1. The lowest BCUT2D eigenvalue weighted by atomic mass is 10.0. The van der Waals surface area contributed by atoms with Gasteiger partial charge in [-0.2, -0.15) is 0 Å². The highest BCUT2D eigenvalue weighted by Crippen LogP contribution is 2.29. The molecule has 2 aromatic rings. The van der Waals surface area contributed by atoms with Crippen molar-refractivity contribution in [3.05, 3.63) is 58.7 Å². The molecular weight excluding hydrogens is 252 g/mol. The molecule has 0 aliphatic carbocycles. The van der Waals surface area contributed by atoms with Crippen molar-refractivity contribution in [3.63, 3.8) is 0 Å². The minimum absolute atomic E-state index is 0.335. The van der Waals surface area contributed by atoms with Gasteiger partial charge in [0.25, 0.3) is 0 Å². The Hall–Kier alpha value is -2.29. The second-order valence-electron chi connectivity index (χ2n) is 4.80. The van der Waals surface area contributed by atoms with Crippen LogP contribution in [0.4, 0.5) is 0 Å². The van der Waals surface area contributed by atoms with E-state index in [9.17, 15) is 4.79 Å². The Morgan fingerprint density at radius 2 is 1.80 bits per heavy atom. The van der Waals surface area contributed by atoms with Gasteiger partial charge in [-0.25, -0.2) is 4.79 Å². The van der Waals surface area contributed by atoms with E-state index < -0.39 is 5.97 Å². The van der Waals surface area contributed by atoms with Crippen LogP contribution in [0.2, 0.25) is 0 Å². The largest absolute Gasteiger partial charge is 0.478 e. The van der Waals surface area contributed by atoms with Crippen LogP contribution in [0.5, 0.6) is 11.5 Å². The normalized spacial score (nSPS) is 10.3. The molecule has 0 atom stereocenters. The number of hydrogen-bond acceptors (Lipinski definition) is 2. The Bertz CT molecular complexity index is 624. The summed E-state index contributed by atoms with van der Waals surface area (Å²) in [6.07, 6.45) is 0.658. The summed E-state index contributed by atoms with van der Waals surface area (Å²) >= 11 is 0. The number of para-hydroxylation sites is 1. The zero-order chi connectivity index (χ0) is 14.7. The quantitative estimate of drug-likeness (QED) is 0.898. The molecule has 0 bridgehead atoms. The van der Waals surface area contributed by atoms with Gasteiger partial charge in [-0.1, -0.05) is 25.1 Å². The molecular formula is C17H18O3. The monoisotopic (exact) mass is 270 g/mol. The molecule has 3 heteroatoms. The van der Waals surface area contributed by atoms with Gasteiger partial charge in [0.15, 0.2) is 0 Å². The fourth-order valence-corrected chi connectivity index (χ4v) is 2.21. The van der Waals surface area contributed by atoms with Crippen molar-refractivity contribution < 1.29 is 14.6 Å². The predicted octanol–water partition coefficient (Wildman–Crippen LogP) is 4.36. The number of aryl methyl sites for hydroxylation is 3. The van der Waals surface area contributed by atoms with Gasteiger partial charge in [0.05, 0.1) is 5.56 Å². The number of benzene rings is 2. The standard InChI is InChI=1S/C17H18O3/c1-4-13-10-14(8-9-15(13)17(18)19)20-16-11(2)6-5-7-12(16)3/h5-10H,4H2,1-3H3,(H,18,19). The van der Waals surface area contributed by atoms with Crippen LogP contribution in [-0.2, 0) is 6.42 Å².